The fourth-order valence-electron chi connectivity index (χ4n) is 1.25. The fourth-order valence-corrected chi connectivity index (χ4v) is 1.44. The summed E-state index contributed by atoms with van der Waals surface area (Å²) in [4.78, 5) is 32.7. The van der Waals surface area contributed by atoms with E-state index in [0.717, 1.165) is 0 Å². The van der Waals surface area contributed by atoms with Gasteiger partial charge in [0, 0.05) is 0 Å². The number of carbonyl (C=O) groups excluding carboxylic acids is 1. The zero-order chi connectivity index (χ0) is 14.4. The Morgan fingerprint density at radius 1 is 1.21 bits per heavy atom. The van der Waals surface area contributed by atoms with Crippen LogP contribution in [0.15, 0.2) is 24.3 Å². The van der Waals surface area contributed by atoms with E-state index < -0.39 is 30.4 Å². The van der Waals surface area contributed by atoms with E-state index in [1.807, 2.05) is 5.32 Å². The number of benzene rings is 1. The summed E-state index contributed by atoms with van der Waals surface area (Å²) < 4.78 is 0. The number of hydrogen-bond donors (Lipinski definition) is 4. The number of aliphatic carboxylic acids is 2. The summed E-state index contributed by atoms with van der Waals surface area (Å²) in [5.41, 5.74) is 0.293. The van der Waals surface area contributed by atoms with Gasteiger partial charge in [0.25, 0.3) is 0 Å². The summed E-state index contributed by atoms with van der Waals surface area (Å²) in [6.07, 6.45) is -0.717. The zero-order valence-corrected chi connectivity index (χ0v) is 10.3. The van der Waals surface area contributed by atoms with Crippen LogP contribution in [0.2, 0.25) is 5.02 Å². The van der Waals surface area contributed by atoms with Gasteiger partial charge < -0.3 is 20.8 Å². The lowest BCUT2D eigenvalue weighted by Gasteiger charge is -2.13. The van der Waals surface area contributed by atoms with Crippen LogP contribution in [0.25, 0.3) is 0 Å². The molecular weight excluding hydrogens is 276 g/mol. The number of rotatable bonds is 5. The van der Waals surface area contributed by atoms with Crippen LogP contribution in [0.4, 0.5) is 10.5 Å². The van der Waals surface area contributed by atoms with Crippen molar-refractivity contribution in [3.8, 4) is 0 Å². The van der Waals surface area contributed by atoms with E-state index in [1.165, 1.54) is 6.07 Å². The molecule has 2 amide bonds. The molecule has 19 heavy (non-hydrogen) atoms. The first-order valence-electron chi connectivity index (χ1n) is 5.17. The molecule has 0 aliphatic heterocycles. The molecule has 7 nitrogen and oxygen atoms in total. The number of halogens is 1. The van der Waals surface area contributed by atoms with Gasteiger partial charge in [0.15, 0.2) is 0 Å². The normalized spacial score (nSPS) is 11.4. The van der Waals surface area contributed by atoms with Gasteiger partial charge in [-0.15, -0.1) is 0 Å². The molecule has 1 aromatic rings. The molecule has 0 bridgehead atoms. The van der Waals surface area contributed by atoms with Crippen LogP contribution in [0, 0.1) is 0 Å². The van der Waals surface area contributed by atoms with E-state index >= 15 is 0 Å². The second-order valence-corrected chi connectivity index (χ2v) is 3.97. The zero-order valence-electron chi connectivity index (χ0n) is 9.59. The number of anilines is 1. The maximum absolute atomic E-state index is 11.5. The summed E-state index contributed by atoms with van der Waals surface area (Å²) in [7, 11) is 0. The van der Waals surface area contributed by atoms with E-state index in [1.54, 1.807) is 18.2 Å². The lowest BCUT2D eigenvalue weighted by molar-refractivity contribution is -0.145. The summed E-state index contributed by atoms with van der Waals surface area (Å²) in [5.74, 6) is -2.76. The highest BCUT2D eigenvalue weighted by molar-refractivity contribution is 6.33. The molecule has 0 heterocycles. The number of para-hydroxylation sites is 1. The highest BCUT2D eigenvalue weighted by Crippen LogP contribution is 2.20. The maximum atomic E-state index is 11.5. The molecular formula is C11H11ClN2O5. The average Bonchev–Trinajstić information content (AvgIpc) is 2.30. The predicted molar refractivity (Wildman–Crippen MR) is 67.3 cm³/mol. The Morgan fingerprint density at radius 3 is 2.37 bits per heavy atom. The number of urea groups is 1. The third-order valence-electron chi connectivity index (χ3n) is 2.10. The Hall–Kier alpha value is -2.28. The summed E-state index contributed by atoms with van der Waals surface area (Å²) >= 11 is 5.80. The van der Waals surface area contributed by atoms with Crippen molar-refractivity contribution in [2.45, 2.75) is 12.5 Å². The van der Waals surface area contributed by atoms with Gasteiger partial charge in [-0.25, -0.2) is 9.59 Å². The van der Waals surface area contributed by atoms with Gasteiger partial charge in [0.05, 0.1) is 17.1 Å². The third kappa shape index (κ3) is 4.84. The first-order valence-corrected chi connectivity index (χ1v) is 5.54. The molecule has 1 rings (SSSR count). The lowest BCUT2D eigenvalue weighted by Crippen LogP contribution is -2.44. The minimum absolute atomic E-state index is 0.280. The quantitative estimate of drug-likeness (QED) is 0.653. The van der Waals surface area contributed by atoms with E-state index in [2.05, 4.69) is 5.32 Å². The molecule has 0 radical (unpaired) electrons. The number of hydrogen-bond acceptors (Lipinski definition) is 3. The number of carbonyl (C=O) groups is 3. The second kappa shape index (κ2) is 6.60. The van der Waals surface area contributed by atoms with Crippen molar-refractivity contribution in [1.29, 1.82) is 0 Å². The van der Waals surface area contributed by atoms with Crippen molar-refractivity contribution in [3.05, 3.63) is 29.3 Å². The van der Waals surface area contributed by atoms with E-state index in [-0.39, 0.29) is 5.02 Å². The van der Waals surface area contributed by atoms with Crippen LogP contribution in [-0.2, 0) is 9.59 Å². The Labute approximate surface area is 113 Å². The number of nitrogens with one attached hydrogen (secondary N) is 2. The summed E-state index contributed by atoms with van der Waals surface area (Å²) in [5, 5.41) is 21.9. The van der Waals surface area contributed by atoms with Gasteiger partial charge in [-0.3, -0.25) is 4.79 Å². The molecule has 0 fully saturated rings. The Balaban J connectivity index is 2.65. The smallest absolute Gasteiger partial charge is 0.326 e. The van der Waals surface area contributed by atoms with Crippen LogP contribution < -0.4 is 10.6 Å². The minimum Gasteiger partial charge on any atom is -0.481 e. The largest absolute Gasteiger partial charge is 0.481 e. The first-order chi connectivity index (χ1) is 8.90. The molecule has 1 aromatic carbocycles. The van der Waals surface area contributed by atoms with Gasteiger partial charge >= 0.3 is 18.0 Å². The molecule has 0 saturated carbocycles. The van der Waals surface area contributed by atoms with E-state index in [0.29, 0.717) is 5.69 Å². The molecule has 0 aliphatic carbocycles. The third-order valence-corrected chi connectivity index (χ3v) is 2.43. The molecule has 4 N–H and O–H groups in total. The Bertz CT molecular complexity index is 506. The van der Waals surface area contributed by atoms with Gasteiger partial charge in [0.1, 0.15) is 6.04 Å². The van der Waals surface area contributed by atoms with Crippen molar-refractivity contribution >= 4 is 35.3 Å². The number of amides is 2. The minimum atomic E-state index is -1.51. The Kier molecular flexibility index (Phi) is 5.13. The second-order valence-electron chi connectivity index (χ2n) is 3.57. The van der Waals surface area contributed by atoms with Crippen molar-refractivity contribution < 1.29 is 24.6 Å². The van der Waals surface area contributed by atoms with Crippen molar-refractivity contribution in [3.63, 3.8) is 0 Å². The van der Waals surface area contributed by atoms with Gasteiger partial charge in [-0.2, -0.15) is 0 Å². The highest BCUT2D eigenvalue weighted by atomic mass is 35.5. The van der Waals surface area contributed by atoms with Crippen LogP contribution in [0.1, 0.15) is 6.42 Å². The fraction of sp³-hybridized carbons (Fsp3) is 0.182. The molecule has 0 spiro atoms. The van der Waals surface area contributed by atoms with Crippen molar-refractivity contribution in [2.75, 3.05) is 5.32 Å². The first kappa shape index (κ1) is 14.8. The Morgan fingerprint density at radius 2 is 1.84 bits per heavy atom. The van der Waals surface area contributed by atoms with Crippen LogP contribution >= 0.6 is 11.6 Å². The molecule has 8 heteroatoms. The monoisotopic (exact) mass is 286 g/mol. The molecule has 102 valence electrons. The van der Waals surface area contributed by atoms with Gasteiger partial charge in [-0.1, -0.05) is 23.7 Å². The molecule has 1 atom stereocenters. The highest BCUT2D eigenvalue weighted by Gasteiger charge is 2.23. The maximum Gasteiger partial charge on any atom is 0.326 e. The predicted octanol–water partition coefficient (Wildman–Crippen LogP) is 1.39. The molecule has 0 saturated heterocycles. The number of carboxylic acids is 2. The van der Waals surface area contributed by atoms with E-state index in [4.69, 9.17) is 21.8 Å². The van der Waals surface area contributed by atoms with Crippen molar-refractivity contribution in [1.82, 2.24) is 5.32 Å². The van der Waals surface area contributed by atoms with Crippen LogP contribution in [0.5, 0.6) is 0 Å². The van der Waals surface area contributed by atoms with Gasteiger partial charge in [0.2, 0.25) is 0 Å². The summed E-state index contributed by atoms with van der Waals surface area (Å²) in [6, 6.07) is 4.00. The SMILES string of the molecule is O=C(O)CC(NC(=O)Nc1ccccc1Cl)C(=O)O. The van der Waals surface area contributed by atoms with Gasteiger partial charge in [-0.05, 0) is 12.1 Å². The standard InChI is InChI=1S/C11H11ClN2O5/c12-6-3-1-2-4-7(6)13-11(19)14-8(10(17)18)5-9(15)16/h1-4,8H,5H2,(H,15,16)(H,17,18)(H2,13,14,19). The topological polar surface area (TPSA) is 116 Å². The average molecular weight is 287 g/mol. The van der Waals surface area contributed by atoms with Crippen LogP contribution in [0.3, 0.4) is 0 Å². The lowest BCUT2D eigenvalue weighted by atomic mass is 10.2. The molecule has 0 aliphatic rings. The van der Waals surface area contributed by atoms with Crippen LogP contribution in [-0.4, -0.2) is 34.2 Å². The van der Waals surface area contributed by atoms with Crippen molar-refractivity contribution in [2.24, 2.45) is 0 Å². The molecule has 0 aromatic heterocycles. The summed E-state index contributed by atoms with van der Waals surface area (Å²) in [6.45, 7) is 0. The van der Waals surface area contributed by atoms with E-state index in [9.17, 15) is 14.4 Å². The molecule has 1 unspecified atom stereocenters. The number of carboxylic acid groups (broad SMARTS) is 2.